The summed E-state index contributed by atoms with van der Waals surface area (Å²) in [5, 5.41) is 13.8. The summed E-state index contributed by atoms with van der Waals surface area (Å²) in [7, 11) is 0. The van der Waals surface area contributed by atoms with E-state index in [9.17, 15) is 0 Å². The second-order valence-corrected chi connectivity index (χ2v) is 5.38. The molecule has 1 aromatic carbocycles. The first kappa shape index (κ1) is 10.1. The van der Waals surface area contributed by atoms with Gasteiger partial charge < -0.3 is 5.32 Å². The van der Waals surface area contributed by atoms with E-state index in [4.69, 9.17) is 5.10 Å². The van der Waals surface area contributed by atoms with Gasteiger partial charge in [0, 0.05) is 11.9 Å². The second-order valence-electron chi connectivity index (χ2n) is 4.60. The lowest BCUT2D eigenvalue weighted by molar-refractivity contribution is 0.487. The van der Waals surface area contributed by atoms with Gasteiger partial charge in [0.1, 0.15) is 5.82 Å². The van der Waals surface area contributed by atoms with Gasteiger partial charge in [0.25, 0.3) is 0 Å². The van der Waals surface area contributed by atoms with E-state index in [1.807, 2.05) is 6.07 Å². The molecule has 0 fully saturated rings. The van der Waals surface area contributed by atoms with Gasteiger partial charge in [0.2, 0.25) is 0 Å². The van der Waals surface area contributed by atoms with Crippen molar-refractivity contribution < 1.29 is 0 Å². The molecule has 0 spiro atoms. The molecule has 0 aliphatic carbocycles. The molecular weight excluding hydrogens is 242 g/mol. The number of hydrogen-bond acceptors (Lipinski definition) is 3. The number of nitrogens with one attached hydrogen (secondary N) is 1. The van der Waals surface area contributed by atoms with Gasteiger partial charge in [-0.25, -0.2) is 4.68 Å². The maximum atomic E-state index is 4.75. The molecule has 4 heteroatoms. The van der Waals surface area contributed by atoms with Gasteiger partial charge in [-0.15, -0.1) is 0 Å². The topological polar surface area (TPSA) is 29.9 Å². The molecule has 1 unspecified atom stereocenters. The SMILES string of the molecule is c1ccc2c3n(nc2c1)C(c1ccsc1)CCN3. The fraction of sp³-hybridized carbons (Fsp3) is 0.214. The molecule has 4 rings (SSSR count). The number of anilines is 1. The van der Waals surface area contributed by atoms with Gasteiger partial charge in [0.15, 0.2) is 0 Å². The number of rotatable bonds is 1. The van der Waals surface area contributed by atoms with E-state index in [1.54, 1.807) is 11.3 Å². The summed E-state index contributed by atoms with van der Waals surface area (Å²) in [4.78, 5) is 0. The molecule has 3 aromatic rings. The number of hydrogen-bond donors (Lipinski definition) is 1. The average molecular weight is 255 g/mol. The van der Waals surface area contributed by atoms with E-state index in [2.05, 4.69) is 45.0 Å². The Labute approximate surface area is 109 Å². The molecule has 90 valence electrons. The molecule has 3 heterocycles. The number of nitrogens with zero attached hydrogens (tertiary/aromatic N) is 2. The summed E-state index contributed by atoms with van der Waals surface area (Å²) >= 11 is 1.75. The lowest BCUT2D eigenvalue weighted by Crippen LogP contribution is -2.23. The number of benzene rings is 1. The molecule has 0 radical (unpaired) electrons. The highest BCUT2D eigenvalue weighted by Gasteiger charge is 2.24. The van der Waals surface area contributed by atoms with Gasteiger partial charge in [-0.1, -0.05) is 12.1 Å². The third kappa shape index (κ3) is 1.39. The Morgan fingerprint density at radius 3 is 3.11 bits per heavy atom. The van der Waals surface area contributed by atoms with Crippen LogP contribution in [0.4, 0.5) is 5.82 Å². The van der Waals surface area contributed by atoms with Crippen molar-refractivity contribution in [3.63, 3.8) is 0 Å². The highest BCUT2D eigenvalue weighted by molar-refractivity contribution is 7.07. The molecule has 2 aromatic heterocycles. The zero-order valence-electron chi connectivity index (χ0n) is 9.84. The molecule has 0 saturated carbocycles. The minimum Gasteiger partial charge on any atom is -0.370 e. The van der Waals surface area contributed by atoms with Crippen molar-refractivity contribution in [2.75, 3.05) is 11.9 Å². The Morgan fingerprint density at radius 1 is 1.28 bits per heavy atom. The average Bonchev–Trinajstić information content (AvgIpc) is 3.05. The molecule has 1 aliphatic rings. The summed E-state index contributed by atoms with van der Waals surface area (Å²) < 4.78 is 2.15. The minimum atomic E-state index is 0.375. The van der Waals surface area contributed by atoms with Crippen molar-refractivity contribution in [1.29, 1.82) is 0 Å². The quantitative estimate of drug-likeness (QED) is 0.721. The lowest BCUT2D eigenvalue weighted by atomic mass is 10.1. The smallest absolute Gasteiger partial charge is 0.132 e. The maximum absolute atomic E-state index is 4.75. The van der Waals surface area contributed by atoms with E-state index in [1.165, 1.54) is 10.9 Å². The predicted octanol–water partition coefficient (Wildman–Crippen LogP) is 3.50. The van der Waals surface area contributed by atoms with Gasteiger partial charge in [-0.2, -0.15) is 16.4 Å². The molecule has 1 atom stereocenters. The molecule has 0 amide bonds. The van der Waals surface area contributed by atoms with Crippen molar-refractivity contribution in [1.82, 2.24) is 9.78 Å². The van der Waals surface area contributed by atoms with E-state index in [-0.39, 0.29) is 0 Å². The predicted molar refractivity (Wildman–Crippen MR) is 75.3 cm³/mol. The van der Waals surface area contributed by atoms with Crippen LogP contribution in [0.25, 0.3) is 10.9 Å². The normalized spacial score (nSPS) is 18.6. The van der Waals surface area contributed by atoms with Crippen molar-refractivity contribution in [2.45, 2.75) is 12.5 Å². The Hall–Kier alpha value is -1.81. The van der Waals surface area contributed by atoms with E-state index >= 15 is 0 Å². The van der Waals surface area contributed by atoms with Crippen LogP contribution in [0.5, 0.6) is 0 Å². The van der Waals surface area contributed by atoms with Crippen LogP contribution in [0.1, 0.15) is 18.0 Å². The molecule has 1 N–H and O–H groups in total. The highest BCUT2D eigenvalue weighted by atomic mass is 32.1. The van der Waals surface area contributed by atoms with Crippen LogP contribution in [-0.2, 0) is 0 Å². The van der Waals surface area contributed by atoms with E-state index < -0.39 is 0 Å². The molecule has 0 saturated heterocycles. The number of fused-ring (bicyclic) bond motifs is 3. The fourth-order valence-corrected chi connectivity index (χ4v) is 3.38. The summed E-state index contributed by atoms with van der Waals surface area (Å²) in [5.41, 5.74) is 2.44. The van der Waals surface area contributed by atoms with Crippen LogP contribution in [0, 0.1) is 0 Å². The molecular formula is C14H13N3S. The van der Waals surface area contributed by atoms with Gasteiger partial charge in [0.05, 0.1) is 11.6 Å². The van der Waals surface area contributed by atoms with Crippen molar-refractivity contribution in [3.8, 4) is 0 Å². The summed E-state index contributed by atoms with van der Waals surface area (Å²) in [5.74, 6) is 1.16. The van der Waals surface area contributed by atoms with Crippen LogP contribution in [0.2, 0.25) is 0 Å². The first-order valence-corrected chi connectivity index (χ1v) is 7.11. The minimum absolute atomic E-state index is 0.375. The van der Waals surface area contributed by atoms with Gasteiger partial charge in [-0.05, 0) is 40.9 Å². The third-order valence-electron chi connectivity index (χ3n) is 3.54. The number of aromatic nitrogens is 2. The van der Waals surface area contributed by atoms with E-state index in [0.29, 0.717) is 6.04 Å². The van der Waals surface area contributed by atoms with Crippen LogP contribution in [0.3, 0.4) is 0 Å². The summed E-state index contributed by atoms with van der Waals surface area (Å²) in [6.07, 6.45) is 1.09. The van der Waals surface area contributed by atoms with Gasteiger partial charge >= 0.3 is 0 Å². The van der Waals surface area contributed by atoms with Crippen LogP contribution >= 0.6 is 11.3 Å². The second kappa shape index (κ2) is 3.85. The standard InChI is InChI=1S/C14H13N3S/c1-2-4-12-11(3-1)14-15-7-5-13(17(14)16-12)10-6-8-18-9-10/h1-4,6,8-9,13,15H,5,7H2. The van der Waals surface area contributed by atoms with Gasteiger partial charge in [-0.3, -0.25) is 0 Å². The Bertz CT molecular complexity index is 684. The fourth-order valence-electron chi connectivity index (χ4n) is 2.67. The monoisotopic (exact) mass is 255 g/mol. The van der Waals surface area contributed by atoms with Crippen LogP contribution in [0.15, 0.2) is 41.1 Å². The molecule has 3 nitrogen and oxygen atoms in total. The first-order valence-electron chi connectivity index (χ1n) is 6.17. The Kier molecular flexibility index (Phi) is 2.17. The summed E-state index contributed by atoms with van der Waals surface area (Å²) in [6, 6.07) is 10.9. The van der Waals surface area contributed by atoms with Crippen LogP contribution < -0.4 is 5.32 Å². The lowest BCUT2D eigenvalue weighted by Gasteiger charge is -2.25. The zero-order valence-corrected chi connectivity index (χ0v) is 10.7. The number of thiophene rings is 1. The van der Waals surface area contributed by atoms with E-state index in [0.717, 1.165) is 24.3 Å². The maximum Gasteiger partial charge on any atom is 0.132 e. The molecule has 0 bridgehead atoms. The van der Waals surface area contributed by atoms with Crippen molar-refractivity contribution in [3.05, 3.63) is 46.7 Å². The highest BCUT2D eigenvalue weighted by Crippen LogP contribution is 2.34. The first-order chi connectivity index (χ1) is 8.93. The molecule has 1 aliphatic heterocycles. The summed E-state index contributed by atoms with van der Waals surface area (Å²) in [6.45, 7) is 1.01. The molecule has 18 heavy (non-hydrogen) atoms. The van der Waals surface area contributed by atoms with Crippen molar-refractivity contribution in [2.24, 2.45) is 0 Å². The Balaban J connectivity index is 1.94. The van der Waals surface area contributed by atoms with Crippen LogP contribution in [-0.4, -0.2) is 16.3 Å². The zero-order chi connectivity index (χ0) is 11.9. The third-order valence-corrected chi connectivity index (χ3v) is 4.24. The Morgan fingerprint density at radius 2 is 2.22 bits per heavy atom. The largest absolute Gasteiger partial charge is 0.370 e. The van der Waals surface area contributed by atoms with Crippen molar-refractivity contribution >= 4 is 28.1 Å².